The molecule has 21 heavy (non-hydrogen) atoms. The fourth-order valence-corrected chi connectivity index (χ4v) is 2.25. The molecule has 110 valence electrons. The molecule has 0 saturated heterocycles. The number of hydrogen-bond acceptors (Lipinski definition) is 5. The molecule has 0 spiro atoms. The second-order valence-electron chi connectivity index (χ2n) is 4.05. The van der Waals surface area contributed by atoms with E-state index in [0.29, 0.717) is 17.8 Å². The Hall–Kier alpha value is -2.42. The summed E-state index contributed by atoms with van der Waals surface area (Å²) in [5.41, 5.74) is -1.39. The molecule has 0 fully saturated rings. The van der Waals surface area contributed by atoms with Gasteiger partial charge in [-0.15, -0.1) is 11.3 Å². The fraction of sp³-hybridized carbons (Fsp3) is 0.167. The Kier molecular flexibility index (Phi) is 4.22. The van der Waals surface area contributed by atoms with Gasteiger partial charge in [-0.2, -0.15) is 4.39 Å². The fourth-order valence-electron chi connectivity index (χ4n) is 1.64. The molecule has 0 radical (unpaired) electrons. The van der Waals surface area contributed by atoms with Gasteiger partial charge in [0.25, 0.3) is 5.91 Å². The van der Waals surface area contributed by atoms with Crippen LogP contribution in [0.1, 0.15) is 21.1 Å². The Balaban J connectivity index is 2.22. The maximum Gasteiger partial charge on any atom is 0.305 e. The molecule has 0 atom stereocenters. The smallest absolute Gasteiger partial charge is 0.305 e. The maximum atomic E-state index is 13.8. The molecule has 9 heteroatoms. The molecule has 0 bridgehead atoms. The lowest BCUT2D eigenvalue weighted by Gasteiger charge is -2.06. The van der Waals surface area contributed by atoms with Crippen molar-refractivity contribution in [2.45, 2.75) is 13.5 Å². The maximum absolute atomic E-state index is 13.8. The predicted molar refractivity (Wildman–Crippen MR) is 71.0 cm³/mol. The van der Waals surface area contributed by atoms with E-state index < -0.39 is 33.7 Å². The largest absolute Gasteiger partial charge is 0.346 e. The summed E-state index contributed by atoms with van der Waals surface area (Å²) in [7, 11) is 0. The van der Waals surface area contributed by atoms with Gasteiger partial charge in [-0.05, 0) is 13.0 Å². The molecule has 2 rings (SSSR count). The third-order valence-corrected chi connectivity index (χ3v) is 3.41. The van der Waals surface area contributed by atoms with Crippen LogP contribution < -0.4 is 5.32 Å². The third-order valence-electron chi connectivity index (χ3n) is 2.59. The number of nitro groups is 1. The van der Waals surface area contributed by atoms with Gasteiger partial charge in [-0.25, -0.2) is 9.37 Å². The molecule has 0 saturated carbocycles. The summed E-state index contributed by atoms with van der Waals surface area (Å²) in [6.45, 7) is 1.75. The number of carbonyl (C=O) groups excluding carboxylic acids is 1. The van der Waals surface area contributed by atoms with Crippen molar-refractivity contribution >= 4 is 22.9 Å². The van der Waals surface area contributed by atoms with E-state index in [1.807, 2.05) is 0 Å². The summed E-state index contributed by atoms with van der Waals surface area (Å²) >= 11 is 1.36. The van der Waals surface area contributed by atoms with Gasteiger partial charge in [0.15, 0.2) is 0 Å². The average Bonchev–Trinajstić information content (AvgIpc) is 2.82. The van der Waals surface area contributed by atoms with Crippen LogP contribution in [0.3, 0.4) is 0 Å². The van der Waals surface area contributed by atoms with Gasteiger partial charge in [0.05, 0.1) is 22.2 Å². The number of nitro benzene ring substituents is 1. The molecule has 0 unspecified atom stereocenters. The molecular weight excluding hydrogens is 304 g/mol. The van der Waals surface area contributed by atoms with Crippen molar-refractivity contribution in [3.63, 3.8) is 0 Å². The summed E-state index contributed by atoms with van der Waals surface area (Å²) in [6, 6.07) is 1.36. The molecule has 0 aliphatic rings. The quantitative estimate of drug-likeness (QED) is 0.694. The SMILES string of the molecule is Cc1nc(CNC(=O)c2c(F)ccc([N+](=O)[O-])c2F)cs1. The van der Waals surface area contributed by atoms with Crippen molar-refractivity contribution in [3.8, 4) is 0 Å². The van der Waals surface area contributed by atoms with E-state index in [9.17, 15) is 23.7 Å². The number of amides is 1. The lowest BCUT2D eigenvalue weighted by atomic mass is 10.1. The van der Waals surface area contributed by atoms with E-state index in [1.54, 1.807) is 12.3 Å². The van der Waals surface area contributed by atoms with Gasteiger partial charge >= 0.3 is 5.69 Å². The molecule has 1 heterocycles. The summed E-state index contributed by atoms with van der Waals surface area (Å²) < 4.78 is 27.3. The minimum absolute atomic E-state index is 0.0231. The number of nitrogens with zero attached hydrogens (tertiary/aromatic N) is 2. The second kappa shape index (κ2) is 5.92. The minimum Gasteiger partial charge on any atom is -0.346 e. The van der Waals surface area contributed by atoms with Crippen LogP contribution in [0.2, 0.25) is 0 Å². The first kappa shape index (κ1) is 15.0. The number of aryl methyl sites for hydroxylation is 1. The minimum atomic E-state index is -1.49. The molecule has 1 amide bonds. The zero-order valence-electron chi connectivity index (χ0n) is 10.7. The number of rotatable bonds is 4. The normalized spacial score (nSPS) is 10.4. The summed E-state index contributed by atoms with van der Waals surface area (Å²) in [5, 5.41) is 15.3. The lowest BCUT2D eigenvalue weighted by molar-refractivity contribution is -0.387. The highest BCUT2D eigenvalue weighted by molar-refractivity contribution is 7.09. The van der Waals surface area contributed by atoms with Crippen LogP contribution in [0.5, 0.6) is 0 Å². The van der Waals surface area contributed by atoms with Gasteiger partial charge < -0.3 is 5.32 Å². The first-order valence-electron chi connectivity index (χ1n) is 5.71. The van der Waals surface area contributed by atoms with E-state index in [1.165, 1.54) is 11.3 Å². The summed E-state index contributed by atoms with van der Waals surface area (Å²) in [4.78, 5) is 25.5. The highest BCUT2D eigenvalue weighted by Gasteiger charge is 2.26. The number of halogens is 2. The van der Waals surface area contributed by atoms with Gasteiger partial charge in [-0.1, -0.05) is 0 Å². The van der Waals surface area contributed by atoms with Crippen molar-refractivity contribution in [2.24, 2.45) is 0 Å². The van der Waals surface area contributed by atoms with E-state index in [0.717, 1.165) is 5.01 Å². The molecule has 1 aromatic heterocycles. The summed E-state index contributed by atoms with van der Waals surface area (Å²) in [6.07, 6.45) is 0. The molecule has 6 nitrogen and oxygen atoms in total. The van der Waals surface area contributed by atoms with E-state index in [2.05, 4.69) is 10.3 Å². The Morgan fingerprint density at radius 3 is 2.76 bits per heavy atom. The van der Waals surface area contributed by atoms with Gasteiger partial charge in [0.1, 0.15) is 11.4 Å². The van der Waals surface area contributed by atoms with Crippen LogP contribution in [0.25, 0.3) is 0 Å². The van der Waals surface area contributed by atoms with Gasteiger partial charge in [0, 0.05) is 11.4 Å². The first-order chi connectivity index (χ1) is 9.90. The molecule has 0 aliphatic carbocycles. The Morgan fingerprint density at radius 2 is 2.19 bits per heavy atom. The molecule has 1 N–H and O–H groups in total. The predicted octanol–water partition coefficient (Wildman–Crippen LogP) is 2.57. The Morgan fingerprint density at radius 1 is 1.48 bits per heavy atom. The number of nitrogens with one attached hydrogen (secondary N) is 1. The first-order valence-corrected chi connectivity index (χ1v) is 6.59. The number of aromatic nitrogens is 1. The van der Waals surface area contributed by atoms with Crippen LogP contribution in [-0.4, -0.2) is 15.8 Å². The van der Waals surface area contributed by atoms with E-state index in [4.69, 9.17) is 0 Å². The number of thiazole rings is 1. The van der Waals surface area contributed by atoms with Gasteiger partial charge in [-0.3, -0.25) is 14.9 Å². The number of carbonyl (C=O) groups is 1. The molecule has 2 aromatic rings. The van der Waals surface area contributed by atoms with Crippen LogP contribution in [0.15, 0.2) is 17.5 Å². The van der Waals surface area contributed by atoms with Crippen LogP contribution in [-0.2, 0) is 6.54 Å². The average molecular weight is 313 g/mol. The highest BCUT2D eigenvalue weighted by Crippen LogP contribution is 2.23. The van der Waals surface area contributed by atoms with Gasteiger partial charge in [0.2, 0.25) is 5.82 Å². The highest BCUT2D eigenvalue weighted by atomic mass is 32.1. The molecule has 1 aromatic carbocycles. The standard InChI is InChI=1S/C12H9F2N3O3S/c1-6-16-7(5-21-6)4-15-12(18)10-8(13)2-3-9(11(10)14)17(19)20/h2-3,5H,4H2,1H3,(H,15,18). The number of hydrogen-bond donors (Lipinski definition) is 1. The molecular formula is C12H9F2N3O3S. The van der Waals surface area contributed by atoms with Crippen molar-refractivity contribution in [1.82, 2.24) is 10.3 Å². The Bertz CT molecular complexity index is 718. The zero-order valence-corrected chi connectivity index (χ0v) is 11.5. The van der Waals surface area contributed by atoms with Crippen molar-refractivity contribution in [3.05, 3.63) is 55.5 Å². The second-order valence-corrected chi connectivity index (χ2v) is 5.12. The topological polar surface area (TPSA) is 85.1 Å². The van der Waals surface area contributed by atoms with Crippen molar-refractivity contribution in [1.29, 1.82) is 0 Å². The zero-order chi connectivity index (χ0) is 15.6. The number of benzene rings is 1. The summed E-state index contributed by atoms with van der Waals surface area (Å²) in [5.74, 6) is -3.73. The van der Waals surface area contributed by atoms with Crippen molar-refractivity contribution in [2.75, 3.05) is 0 Å². The van der Waals surface area contributed by atoms with Crippen LogP contribution in [0, 0.1) is 28.7 Å². The van der Waals surface area contributed by atoms with Crippen molar-refractivity contribution < 1.29 is 18.5 Å². The Labute approximate surface area is 121 Å². The molecule has 0 aliphatic heterocycles. The van der Waals surface area contributed by atoms with E-state index in [-0.39, 0.29) is 6.54 Å². The van der Waals surface area contributed by atoms with Crippen LogP contribution >= 0.6 is 11.3 Å². The van der Waals surface area contributed by atoms with Crippen LogP contribution in [0.4, 0.5) is 14.5 Å². The monoisotopic (exact) mass is 313 g/mol. The lowest BCUT2D eigenvalue weighted by Crippen LogP contribution is -2.25. The van der Waals surface area contributed by atoms with E-state index >= 15 is 0 Å². The third kappa shape index (κ3) is 3.19.